The highest BCUT2D eigenvalue weighted by atomic mass is 127. The third-order valence-electron chi connectivity index (χ3n) is 3.24. The molecule has 0 spiro atoms. The van der Waals surface area contributed by atoms with Crippen molar-refractivity contribution in [1.29, 1.82) is 0 Å². The number of thiophene rings is 1. The van der Waals surface area contributed by atoms with Gasteiger partial charge in [0.1, 0.15) is 0 Å². The van der Waals surface area contributed by atoms with Crippen molar-refractivity contribution < 1.29 is 9.90 Å². The van der Waals surface area contributed by atoms with Gasteiger partial charge in [0.15, 0.2) is 0 Å². The largest absolute Gasteiger partial charge is 0.478 e. The summed E-state index contributed by atoms with van der Waals surface area (Å²) in [6.07, 6.45) is 5.72. The molecule has 1 heterocycles. The second kappa shape index (κ2) is 5.04. The minimum absolute atomic E-state index is 0.579. The zero-order valence-corrected chi connectivity index (χ0v) is 12.2. The summed E-state index contributed by atoms with van der Waals surface area (Å²) in [5.41, 5.74) is 1.70. The van der Waals surface area contributed by atoms with Gasteiger partial charge in [-0.2, -0.15) is 0 Å². The maximum Gasteiger partial charge on any atom is 0.337 e. The molecule has 2 nitrogen and oxygen atoms in total. The van der Waals surface area contributed by atoms with Crippen LogP contribution >= 0.6 is 33.9 Å². The van der Waals surface area contributed by atoms with E-state index < -0.39 is 5.97 Å². The molecule has 2 rings (SSSR count). The Morgan fingerprint density at radius 1 is 1.62 bits per heavy atom. The van der Waals surface area contributed by atoms with E-state index in [1.54, 1.807) is 11.3 Å². The summed E-state index contributed by atoms with van der Waals surface area (Å²) < 4.78 is 0.951. The van der Waals surface area contributed by atoms with Crippen molar-refractivity contribution in [2.75, 3.05) is 0 Å². The first-order valence-electron chi connectivity index (χ1n) is 5.66. The zero-order chi connectivity index (χ0) is 11.7. The van der Waals surface area contributed by atoms with E-state index in [0.717, 1.165) is 33.6 Å². The van der Waals surface area contributed by atoms with E-state index in [1.807, 2.05) is 0 Å². The molecule has 1 N–H and O–H groups in total. The lowest BCUT2D eigenvalue weighted by Gasteiger charge is -2.21. The summed E-state index contributed by atoms with van der Waals surface area (Å²) in [6.45, 7) is 2.22. The predicted octanol–water partition coefficient (Wildman–Crippen LogP) is 3.96. The molecule has 0 saturated heterocycles. The van der Waals surface area contributed by atoms with Crippen molar-refractivity contribution in [3.8, 4) is 0 Å². The Morgan fingerprint density at radius 3 is 3.00 bits per heavy atom. The van der Waals surface area contributed by atoms with Gasteiger partial charge < -0.3 is 5.11 Å². The van der Waals surface area contributed by atoms with Crippen LogP contribution in [0.1, 0.15) is 47.0 Å². The highest BCUT2D eigenvalue weighted by Gasteiger charge is 2.27. The first-order valence-corrected chi connectivity index (χ1v) is 7.56. The fourth-order valence-corrected chi connectivity index (χ4v) is 5.02. The Hall–Kier alpha value is -0.100. The minimum atomic E-state index is -0.754. The number of carbonyl (C=O) groups is 1. The molecule has 88 valence electrons. The van der Waals surface area contributed by atoms with Crippen molar-refractivity contribution >= 4 is 39.9 Å². The first kappa shape index (κ1) is 12.4. The maximum atomic E-state index is 11.2. The van der Waals surface area contributed by atoms with E-state index in [-0.39, 0.29) is 0 Å². The third-order valence-corrected chi connectivity index (χ3v) is 5.48. The van der Waals surface area contributed by atoms with Crippen molar-refractivity contribution in [1.82, 2.24) is 0 Å². The van der Waals surface area contributed by atoms with Crippen molar-refractivity contribution in [2.45, 2.75) is 39.0 Å². The van der Waals surface area contributed by atoms with Crippen molar-refractivity contribution in [3.05, 3.63) is 18.9 Å². The number of aromatic carboxylic acids is 1. The highest BCUT2D eigenvalue weighted by molar-refractivity contribution is 14.1. The van der Waals surface area contributed by atoms with Crippen molar-refractivity contribution in [3.63, 3.8) is 0 Å². The number of hydrogen-bond donors (Lipinski definition) is 1. The highest BCUT2D eigenvalue weighted by Crippen LogP contribution is 2.38. The molecular formula is C12H15IO2S. The van der Waals surface area contributed by atoms with Crippen molar-refractivity contribution in [2.24, 2.45) is 5.92 Å². The second-order valence-electron chi connectivity index (χ2n) is 4.36. The van der Waals surface area contributed by atoms with Gasteiger partial charge in [0, 0.05) is 4.88 Å². The lowest BCUT2D eigenvalue weighted by molar-refractivity contribution is 0.0695. The molecular weight excluding hydrogens is 335 g/mol. The molecule has 0 saturated carbocycles. The molecule has 1 unspecified atom stereocenters. The molecule has 0 radical (unpaired) electrons. The predicted molar refractivity (Wildman–Crippen MR) is 74.4 cm³/mol. The molecule has 16 heavy (non-hydrogen) atoms. The van der Waals surface area contributed by atoms with Crippen LogP contribution in [0.15, 0.2) is 0 Å². The standard InChI is InChI=1S/C12H15IO2S/c1-2-3-7-4-5-8-9(6-7)16-11(13)10(8)12(14)15/h7H,2-6H2,1H3,(H,14,15). The van der Waals surface area contributed by atoms with Gasteiger partial charge >= 0.3 is 5.97 Å². The summed E-state index contributed by atoms with van der Waals surface area (Å²) in [5.74, 6) is 0.0180. The summed E-state index contributed by atoms with van der Waals surface area (Å²) in [7, 11) is 0. The fraction of sp³-hybridized carbons (Fsp3) is 0.583. The Kier molecular flexibility index (Phi) is 3.89. The van der Waals surface area contributed by atoms with E-state index in [4.69, 9.17) is 0 Å². The normalized spacial score (nSPS) is 19.5. The van der Waals surface area contributed by atoms with Gasteiger partial charge in [0.2, 0.25) is 0 Å². The van der Waals surface area contributed by atoms with E-state index in [9.17, 15) is 9.90 Å². The van der Waals surface area contributed by atoms with E-state index in [1.165, 1.54) is 17.7 Å². The molecule has 0 fully saturated rings. The fourth-order valence-electron chi connectivity index (χ4n) is 2.49. The number of carboxylic acid groups (broad SMARTS) is 1. The van der Waals surface area contributed by atoms with Gasteiger partial charge in [-0.25, -0.2) is 4.79 Å². The number of hydrogen-bond acceptors (Lipinski definition) is 2. The van der Waals surface area contributed by atoms with E-state index in [0.29, 0.717) is 5.56 Å². The Labute approximate surface area is 113 Å². The van der Waals surface area contributed by atoms with Gasteiger partial charge in [0.25, 0.3) is 0 Å². The summed E-state index contributed by atoms with van der Waals surface area (Å²) in [5, 5.41) is 9.18. The average molecular weight is 350 g/mol. The molecule has 1 aromatic heterocycles. The van der Waals surface area contributed by atoms with Crippen LogP contribution in [0.25, 0.3) is 0 Å². The number of rotatable bonds is 3. The minimum Gasteiger partial charge on any atom is -0.478 e. The molecule has 1 aromatic rings. The van der Waals surface area contributed by atoms with Gasteiger partial charge in [-0.05, 0) is 53.3 Å². The summed E-state index contributed by atoms with van der Waals surface area (Å²) in [6, 6.07) is 0. The molecule has 0 aromatic carbocycles. The van der Waals surface area contributed by atoms with Crippen LogP contribution in [0.2, 0.25) is 0 Å². The third kappa shape index (κ3) is 2.27. The lowest BCUT2D eigenvalue weighted by Crippen LogP contribution is -2.14. The molecule has 0 aliphatic heterocycles. The zero-order valence-electron chi connectivity index (χ0n) is 9.25. The molecule has 0 bridgehead atoms. The van der Waals surface area contributed by atoms with Gasteiger partial charge in [-0.15, -0.1) is 11.3 Å². The van der Waals surface area contributed by atoms with Gasteiger partial charge in [-0.1, -0.05) is 19.8 Å². The smallest absolute Gasteiger partial charge is 0.337 e. The van der Waals surface area contributed by atoms with Crippen LogP contribution in [-0.4, -0.2) is 11.1 Å². The Balaban J connectivity index is 2.28. The summed E-state index contributed by atoms with van der Waals surface area (Å²) in [4.78, 5) is 12.5. The van der Waals surface area contributed by atoms with Crippen LogP contribution in [0.5, 0.6) is 0 Å². The average Bonchev–Trinajstić information content (AvgIpc) is 2.53. The molecule has 4 heteroatoms. The molecule has 1 atom stereocenters. The van der Waals surface area contributed by atoms with Crippen LogP contribution in [0.3, 0.4) is 0 Å². The Bertz CT molecular complexity index is 411. The lowest BCUT2D eigenvalue weighted by atomic mass is 9.85. The molecule has 1 aliphatic rings. The number of halogens is 1. The topological polar surface area (TPSA) is 37.3 Å². The van der Waals surface area contributed by atoms with Crippen LogP contribution in [0, 0.1) is 8.80 Å². The molecule has 1 aliphatic carbocycles. The van der Waals surface area contributed by atoms with Crippen LogP contribution < -0.4 is 0 Å². The number of carboxylic acids is 1. The monoisotopic (exact) mass is 350 g/mol. The van der Waals surface area contributed by atoms with Gasteiger partial charge in [0.05, 0.1) is 8.45 Å². The Morgan fingerprint density at radius 2 is 2.38 bits per heavy atom. The quantitative estimate of drug-likeness (QED) is 0.838. The van der Waals surface area contributed by atoms with Crippen LogP contribution in [-0.2, 0) is 12.8 Å². The van der Waals surface area contributed by atoms with Crippen LogP contribution in [0.4, 0.5) is 0 Å². The second-order valence-corrected chi connectivity index (χ2v) is 7.27. The maximum absolute atomic E-state index is 11.2. The van der Waals surface area contributed by atoms with E-state index >= 15 is 0 Å². The summed E-state index contributed by atoms with van der Waals surface area (Å²) >= 11 is 3.84. The SMILES string of the molecule is CCCC1CCc2c(sc(I)c2C(=O)O)C1. The first-order chi connectivity index (χ1) is 7.63. The molecule has 0 amide bonds. The number of fused-ring (bicyclic) bond motifs is 1. The van der Waals surface area contributed by atoms with E-state index in [2.05, 4.69) is 29.5 Å². The van der Waals surface area contributed by atoms with Gasteiger partial charge in [-0.3, -0.25) is 0 Å².